The fourth-order valence-corrected chi connectivity index (χ4v) is 2.96. The maximum absolute atomic E-state index is 12.8. The van der Waals surface area contributed by atoms with Gasteiger partial charge in [-0.05, 0) is 57.9 Å². The first-order valence-electron chi connectivity index (χ1n) is 9.24. The topological polar surface area (TPSA) is 75.7 Å². The minimum absolute atomic E-state index is 0.139. The van der Waals surface area contributed by atoms with Crippen LogP contribution in [0.3, 0.4) is 0 Å². The van der Waals surface area contributed by atoms with Crippen molar-refractivity contribution >= 4 is 23.5 Å². The van der Waals surface area contributed by atoms with Crippen LogP contribution in [0.25, 0.3) is 0 Å². The number of amides is 2. The lowest BCUT2D eigenvalue weighted by molar-refractivity contribution is -0.146. The number of carbonyl (C=O) groups is 3. The number of hydrogen-bond donors (Lipinski definition) is 1. The monoisotopic (exact) mass is 360 g/mol. The van der Waals surface area contributed by atoms with Gasteiger partial charge in [-0.25, -0.2) is 4.79 Å². The molecular weight excluding hydrogens is 332 g/mol. The van der Waals surface area contributed by atoms with E-state index in [1.807, 2.05) is 0 Å². The molecule has 1 aromatic carbocycles. The van der Waals surface area contributed by atoms with E-state index in [9.17, 15) is 14.4 Å². The molecule has 26 heavy (non-hydrogen) atoms. The smallest absolute Gasteiger partial charge is 0.338 e. The number of rotatable bonds is 5. The third-order valence-electron chi connectivity index (χ3n) is 4.65. The molecule has 1 heterocycles. The van der Waals surface area contributed by atoms with Gasteiger partial charge in [0.05, 0.1) is 12.2 Å². The molecule has 6 nitrogen and oxygen atoms in total. The largest absolute Gasteiger partial charge is 0.462 e. The van der Waals surface area contributed by atoms with Crippen LogP contribution in [0.2, 0.25) is 0 Å². The van der Waals surface area contributed by atoms with Crippen molar-refractivity contribution in [1.82, 2.24) is 4.90 Å². The molecule has 1 aromatic rings. The first kappa shape index (κ1) is 19.9. The molecule has 6 heteroatoms. The number of nitrogens with zero attached hydrogens (tertiary/aromatic N) is 1. The Hall–Kier alpha value is -2.37. The van der Waals surface area contributed by atoms with Gasteiger partial charge >= 0.3 is 5.97 Å². The number of esters is 1. The summed E-state index contributed by atoms with van der Waals surface area (Å²) < 4.78 is 4.94. The minimum atomic E-state index is -1.15. The van der Waals surface area contributed by atoms with Gasteiger partial charge in [-0.2, -0.15) is 0 Å². The first-order chi connectivity index (χ1) is 12.4. The van der Waals surface area contributed by atoms with Crippen molar-refractivity contribution in [3.05, 3.63) is 29.8 Å². The Kier molecular flexibility index (Phi) is 6.77. The van der Waals surface area contributed by atoms with Gasteiger partial charge in [-0.15, -0.1) is 0 Å². The van der Waals surface area contributed by atoms with E-state index in [-0.39, 0.29) is 11.8 Å². The normalized spacial score (nSPS) is 15.1. The zero-order valence-electron chi connectivity index (χ0n) is 15.8. The third kappa shape index (κ3) is 4.84. The maximum atomic E-state index is 12.8. The van der Waals surface area contributed by atoms with E-state index in [0.29, 0.717) is 30.9 Å². The number of nitrogens with one attached hydrogen (secondary N) is 1. The predicted molar refractivity (Wildman–Crippen MR) is 99.9 cm³/mol. The lowest BCUT2D eigenvalue weighted by Crippen LogP contribution is -2.47. The fraction of sp³-hybridized carbons (Fsp3) is 0.550. The molecule has 0 aliphatic carbocycles. The third-order valence-corrected chi connectivity index (χ3v) is 4.65. The van der Waals surface area contributed by atoms with Crippen LogP contribution in [0.15, 0.2) is 24.3 Å². The number of ether oxygens (including phenoxy) is 1. The first-order valence-corrected chi connectivity index (χ1v) is 9.24. The maximum Gasteiger partial charge on any atom is 0.338 e. The molecule has 0 bridgehead atoms. The Labute approximate surface area is 154 Å². The van der Waals surface area contributed by atoms with Crippen LogP contribution in [-0.2, 0) is 14.3 Å². The Morgan fingerprint density at radius 2 is 1.62 bits per heavy atom. The molecule has 0 atom stereocenters. The van der Waals surface area contributed by atoms with Gasteiger partial charge in [0.15, 0.2) is 0 Å². The van der Waals surface area contributed by atoms with E-state index in [4.69, 9.17) is 4.74 Å². The second-order valence-electron chi connectivity index (χ2n) is 7.08. The van der Waals surface area contributed by atoms with Gasteiger partial charge in [0, 0.05) is 18.8 Å². The van der Waals surface area contributed by atoms with E-state index in [2.05, 4.69) is 5.32 Å². The average molecular weight is 360 g/mol. The zero-order chi connectivity index (χ0) is 19.2. The molecular formula is C20H28N2O4. The van der Waals surface area contributed by atoms with E-state index >= 15 is 0 Å². The van der Waals surface area contributed by atoms with Gasteiger partial charge in [-0.1, -0.05) is 12.8 Å². The summed E-state index contributed by atoms with van der Waals surface area (Å²) in [5, 5.41) is 2.78. The number of anilines is 1. The highest BCUT2D eigenvalue weighted by atomic mass is 16.5. The van der Waals surface area contributed by atoms with Crippen molar-refractivity contribution in [1.29, 1.82) is 0 Å². The van der Waals surface area contributed by atoms with Crippen molar-refractivity contribution in [2.75, 3.05) is 25.0 Å². The lowest BCUT2D eigenvalue weighted by atomic mass is 9.90. The molecule has 0 aromatic heterocycles. The van der Waals surface area contributed by atoms with E-state index < -0.39 is 11.4 Å². The van der Waals surface area contributed by atoms with Crippen LogP contribution < -0.4 is 5.32 Å². The Bertz CT molecular complexity index is 644. The molecule has 0 unspecified atom stereocenters. The summed E-state index contributed by atoms with van der Waals surface area (Å²) in [4.78, 5) is 39.0. The highest BCUT2D eigenvalue weighted by molar-refractivity contribution is 6.10. The standard InChI is InChI=1S/C20H28N2O4/c1-4-26-17(23)15-9-11-16(12-10-15)21-18(24)20(2,3)19(25)22-13-7-5-6-8-14-22/h9-12H,4-8,13-14H2,1-3H3,(H,21,24). The molecule has 1 aliphatic rings. The predicted octanol–water partition coefficient (Wildman–Crippen LogP) is 3.23. The van der Waals surface area contributed by atoms with Crippen LogP contribution in [0, 0.1) is 5.41 Å². The average Bonchev–Trinajstić information content (AvgIpc) is 2.91. The number of benzene rings is 1. The minimum Gasteiger partial charge on any atom is -0.462 e. The summed E-state index contributed by atoms with van der Waals surface area (Å²) in [5.41, 5.74) is -0.186. The molecule has 0 spiro atoms. The molecule has 0 saturated carbocycles. The highest BCUT2D eigenvalue weighted by Crippen LogP contribution is 2.24. The summed E-state index contributed by atoms with van der Waals surface area (Å²) in [7, 11) is 0. The van der Waals surface area contributed by atoms with Crippen molar-refractivity contribution in [2.24, 2.45) is 5.41 Å². The molecule has 1 N–H and O–H groups in total. The van der Waals surface area contributed by atoms with Crippen LogP contribution in [-0.4, -0.2) is 42.4 Å². The van der Waals surface area contributed by atoms with Crippen LogP contribution >= 0.6 is 0 Å². The summed E-state index contributed by atoms with van der Waals surface area (Å²) in [6.45, 7) is 6.79. The Morgan fingerprint density at radius 3 is 2.15 bits per heavy atom. The summed E-state index contributed by atoms with van der Waals surface area (Å²) in [6.07, 6.45) is 4.23. The van der Waals surface area contributed by atoms with Gasteiger partial charge in [0.25, 0.3) is 0 Å². The molecule has 0 radical (unpaired) electrons. The van der Waals surface area contributed by atoms with Crippen LogP contribution in [0.4, 0.5) is 5.69 Å². The number of likely N-dealkylation sites (tertiary alicyclic amines) is 1. The number of hydrogen-bond acceptors (Lipinski definition) is 4. The van der Waals surface area contributed by atoms with Crippen LogP contribution in [0.5, 0.6) is 0 Å². The summed E-state index contributed by atoms with van der Waals surface area (Å²) in [5.74, 6) is -0.891. The van der Waals surface area contributed by atoms with E-state index in [1.165, 1.54) is 0 Å². The lowest BCUT2D eigenvalue weighted by Gasteiger charge is -2.30. The van der Waals surface area contributed by atoms with Gasteiger partial charge in [0.1, 0.15) is 5.41 Å². The van der Waals surface area contributed by atoms with Gasteiger partial charge < -0.3 is 15.0 Å². The Morgan fingerprint density at radius 1 is 1.04 bits per heavy atom. The van der Waals surface area contributed by atoms with Crippen LogP contribution in [0.1, 0.15) is 56.8 Å². The molecule has 142 valence electrons. The summed E-state index contributed by atoms with van der Waals surface area (Å²) in [6, 6.07) is 6.46. The highest BCUT2D eigenvalue weighted by Gasteiger charge is 2.39. The summed E-state index contributed by atoms with van der Waals surface area (Å²) >= 11 is 0. The van der Waals surface area contributed by atoms with Crippen molar-refractivity contribution in [3.8, 4) is 0 Å². The van der Waals surface area contributed by atoms with Crippen molar-refractivity contribution in [3.63, 3.8) is 0 Å². The quantitative estimate of drug-likeness (QED) is 0.646. The van der Waals surface area contributed by atoms with Gasteiger partial charge in [0.2, 0.25) is 11.8 Å². The molecule has 1 aliphatic heterocycles. The van der Waals surface area contributed by atoms with Crippen molar-refractivity contribution < 1.29 is 19.1 Å². The second kappa shape index (κ2) is 8.83. The van der Waals surface area contributed by atoms with E-state index in [0.717, 1.165) is 25.7 Å². The SMILES string of the molecule is CCOC(=O)c1ccc(NC(=O)C(C)(C)C(=O)N2CCCCCC2)cc1. The Balaban J connectivity index is 2.02. The molecule has 1 fully saturated rings. The van der Waals surface area contributed by atoms with E-state index in [1.54, 1.807) is 49.9 Å². The fourth-order valence-electron chi connectivity index (χ4n) is 2.96. The molecule has 2 rings (SSSR count). The molecule has 2 amide bonds. The number of carbonyl (C=O) groups excluding carboxylic acids is 3. The second-order valence-corrected chi connectivity index (χ2v) is 7.08. The zero-order valence-corrected chi connectivity index (χ0v) is 15.8. The van der Waals surface area contributed by atoms with Crippen molar-refractivity contribution in [2.45, 2.75) is 46.5 Å². The molecule has 1 saturated heterocycles. The van der Waals surface area contributed by atoms with Gasteiger partial charge in [-0.3, -0.25) is 9.59 Å².